The zero-order chi connectivity index (χ0) is 22.9. The van der Waals surface area contributed by atoms with E-state index in [0.717, 1.165) is 11.6 Å². The number of methoxy groups -OCH3 is 1. The average Bonchev–Trinajstić information content (AvgIpc) is 2.77. The first-order valence-electron chi connectivity index (χ1n) is 10.2. The molecule has 11 heteroatoms. The Morgan fingerprint density at radius 3 is 2.78 bits per heavy atom. The second-order valence-corrected chi connectivity index (χ2v) is 7.72. The van der Waals surface area contributed by atoms with Crippen LogP contribution in [0.5, 0.6) is 6.01 Å². The van der Waals surface area contributed by atoms with Gasteiger partial charge in [-0.1, -0.05) is 6.07 Å². The molecule has 2 aromatic rings. The number of ether oxygens (including phenoxy) is 1. The van der Waals surface area contributed by atoms with Crippen LogP contribution in [0, 0.1) is 17.1 Å². The van der Waals surface area contributed by atoms with Gasteiger partial charge in [0.25, 0.3) is 0 Å². The largest absolute Gasteiger partial charge is 0.467 e. The Hall–Kier alpha value is -3.13. The maximum atomic E-state index is 14.1. The number of aromatic nitrogens is 2. The van der Waals surface area contributed by atoms with Crippen LogP contribution in [0.15, 0.2) is 18.2 Å². The van der Waals surface area contributed by atoms with Crippen molar-refractivity contribution in [2.45, 2.75) is 31.6 Å². The molecule has 2 aliphatic rings. The summed E-state index contributed by atoms with van der Waals surface area (Å²) < 4.78 is 60.0. The summed E-state index contributed by atoms with van der Waals surface area (Å²) in [6.45, 7) is 2.25. The molecule has 0 radical (unpaired) electrons. The molecule has 170 valence electrons. The van der Waals surface area contributed by atoms with Crippen molar-refractivity contribution < 1.29 is 22.3 Å². The third kappa shape index (κ3) is 4.27. The lowest BCUT2D eigenvalue weighted by Gasteiger charge is -2.37. The van der Waals surface area contributed by atoms with Crippen molar-refractivity contribution in [3.05, 3.63) is 40.8 Å². The van der Waals surface area contributed by atoms with Crippen molar-refractivity contribution in [3.8, 4) is 12.1 Å². The van der Waals surface area contributed by atoms with Crippen molar-refractivity contribution in [2.75, 3.05) is 43.1 Å². The van der Waals surface area contributed by atoms with E-state index >= 15 is 0 Å². The fraction of sp³-hybridized carbons (Fsp3) is 0.476. The van der Waals surface area contributed by atoms with Gasteiger partial charge in [-0.15, -0.1) is 0 Å². The van der Waals surface area contributed by atoms with Crippen LogP contribution in [0.4, 0.5) is 29.1 Å². The first kappa shape index (κ1) is 22.1. The zero-order valence-corrected chi connectivity index (χ0v) is 17.4. The molecule has 1 aromatic carbocycles. The molecule has 2 aliphatic heterocycles. The van der Waals surface area contributed by atoms with Crippen LogP contribution in [0.3, 0.4) is 0 Å². The summed E-state index contributed by atoms with van der Waals surface area (Å²) in [5.74, 6) is -0.627. The molecule has 0 spiro atoms. The summed E-state index contributed by atoms with van der Waals surface area (Å²) in [4.78, 5) is 12.4. The van der Waals surface area contributed by atoms with Crippen molar-refractivity contribution in [1.82, 2.24) is 15.3 Å². The van der Waals surface area contributed by atoms with Gasteiger partial charge in [0.2, 0.25) is 0 Å². The number of nitrogens with zero attached hydrogens (tertiary/aromatic N) is 5. The number of fused-ring (bicyclic) bond motifs is 1. The third-order valence-corrected chi connectivity index (χ3v) is 5.71. The third-order valence-electron chi connectivity index (χ3n) is 5.71. The number of piperazine rings is 1. The summed E-state index contributed by atoms with van der Waals surface area (Å²) in [7, 11) is 1.43. The van der Waals surface area contributed by atoms with Gasteiger partial charge in [0.05, 0.1) is 37.5 Å². The molecule has 0 aliphatic carbocycles. The second-order valence-electron chi connectivity index (χ2n) is 7.72. The topological polar surface area (TPSA) is 77.3 Å². The molecular formula is C21H22F4N6O. The van der Waals surface area contributed by atoms with Gasteiger partial charge in [0.15, 0.2) is 0 Å². The first-order chi connectivity index (χ1) is 15.3. The number of nitriles is 1. The molecule has 7 nitrogen and oxygen atoms in total. The number of rotatable bonds is 4. The van der Waals surface area contributed by atoms with Crippen LogP contribution in [0.1, 0.15) is 23.2 Å². The molecular weight excluding hydrogens is 428 g/mol. The summed E-state index contributed by atoms with van der Waals surface area (Å²) >= 11 is 0. The van der Waals surface area contributed by atoms with Gasteiger partial charge in [-0.2, -0.15) is 28.4 Å². The van der Waals surface area contributed by atoms with Crippen LogP contribution in [-0.2, 0) is 19.1 Å². The fourth-order valence-electron chi connectivity index (χ4n) is 4.27. The SMILES string of the molecule is COc1nc2c(c(N3CCNC(CC#N)C3)n1)CCN(c1cccc(F)c1C(F)(F)F)C2. The number of anilines is 2. The first-order valence-corrected chi connectivity index (χ1v) is 10.2. The van der Waals surface area contributed by atoms with Gasteiger partial charge in [-0.05, 0) is 18.6 Å². The minimum Gasteiger partial charge on any atom is -0.467 e. The highest BCUT2D eigenvalue weighted by Gasteiger charge is 2.39. The predicted octanol–water partition coefficient (Wildman–Crippen LogP) is 2.90. The van der Waals surface area contributed by atoms with Gasteiger partial charge < -0.3 is 19.9 Å². The van der Waals surface area contributed by atoms with E-state index in [2.05, 4.69) is 26.3 Å². The summed E-state index contributed by atoms with van der Waals surface area (Å²) in [6, 6.07) is 5.64. The van der Waals surface area contributed by atoms with Crippen molar-refractivity contribution in [2.24, 2.45) is 0 Å². The Kier molecular flexibility index (Phi) is 6.06. The lowest BCUT2D eigenvalue weighted by molar-refractivity contribution is -0.139. The average molecular weight is 450 g/mol. The van der Waals surface area contributed by atoms with Crippen LogP contribution in [-0.4, -0.2) is 49.3 Å². The van der Waals surface area contributed by atoms with E-state index in [1.165, 1.54) is 24.1 Å². The number of benzene rings is 1. The predicted molar refractivity (Wildman–Crippen MR) is 109 cm³/mol. The maximum absolute atomic E-state index is 14.1. The minimum atomic E-state index is -4.81. The molecule has 4 rings (SSSR count). The molecule has 1 saturated heterocycles. The Labute approximate surface area is 182 Å². The molecule has 3 heterocycles. The lowest BCUT2D eigenvalue weighted by Crippen LogP contribution is -2.51. The van der Waals surface area contributed by atoms with Crippen LogP contribution in [0.2, 0.25) is 0 Å². The molecule has 32 heavy (non-hydrogen) atoms. The van der Waals surface area contributed by atoms with Gasteiger partial charge in [0.1, 0.15) is 17.2 Å². The van der Waals surface area contributed by atoms with Crippen LogP contribution >= 0.6 is 0 Å². The quantitative estimate of drug-likeness (QED) is 0.718. The van der Waals surface area contributed by atoms with Gasteiger partial charge in [0, 0.05) is 37.8 Å². The molecule has 1 unspecified atom stereocenters. The number of hydrogen-bond donors (Lipinski definition) is 1. The lowest BCUT2D eigenvalue weighted by atomic mass is 10.0. The highest BCUT2D eigenvalue weighted by molar-refractivity contribution is 5.59. The number of hydrogen-bond acceptors (Lipinski definition) is 7. The Morgan fingerprint density at radius 2 is 2.06 bits per heavy atom. The Balaban J connectivity index is 1.69. The summed E-state index contributed by atoms with van der Waals surface area (Å²) in [5.41, 5.74) is -0.0971. The molecule has 1 fully saturated rings. The molecule has 0 bridgehead atoms. The van der Waals surface area contributed by atoms with Gasteiger partial charge in [-0.3, -0.25) is 0 Å². The van der Waals surface area contributed by atoms with E-state index in [-0.39, 0.29) is 30.8 Å². The van der Waals surface area contributed by atoms with Crippen molar-refractivity contribution >= 4 is 11.5 Å². The van der Waals surface area contributed by atoms with E-state index < -0.39 is 17.6 Å². The number of alkyl halides is 3. The zero-order valence-electron chi connectivity index (χ0n) is 17.4. The Bertz CT molecular complexity index is 1040. The van der Waals surface area contributed by atoms with E-state index in [4.69, 9.17) is 10.00 Å². The Morgan fingerprint density at radius 1 is 1.25 bits per heavy atom. The fourth-order valence-corrected chi connectivity index (χ4v) is 4.27. The van der Waals surface area contributed by atoms with E-state index in [1.807, 2.05) is 0 Å². The molecule has 1 aromatic heterocycles. The van der Waals surface area contributed by atoms with Gasteiger partial charge in [-0.25, -0.2) is 4.39 Å². The van der Waals surface area contributed by atoms with E-state index in [0.29, 0.717) is 44.0 Å². The van der Waals surface area contributed by atoms with Gasteiger partial charge >= 0.3 is 12.2 Å². The number of nitrogens with one attached hydrogen (secondary N) is 1. The van der Waals surface area contributed by atoms with E-state index in [1.54, 1.807) is 0 Å². The standard InChI is InChI=1S/C21H22F4N6O/c1-32-20-28-16-12-30(17-4-2-3-15(22)18(17)21(23,24)25)9-6-14(16)19(29-20)31-10-8-27-13(11-31)5-7-26/h2-4,13,27H,5-6,8-12H2,1H3. The molecule has 1 N–H and O–H groups in total. The van der Waals surface area contributed by atoms with Crippen molar-refractivity contribution in [3.63, 3.8) is 0 Å². The number of halogens is 4. The molecule has 0 amide bonds. The second kappa shape index (κ2) is 8.78. The normalized spacial score (nSPS) is 18.8. The highest BCUT2D eigenvalue weighted by atomic mass is 19.4. The molecule has 1 atom stereocenters. The van der Waals surface area contributed by atoms with E-state index in [9.17, 15) is 17.6 Å². The minimum absolute atomic E-state index is 0.00733. The van der Waals surface area contributed by atoms with Crippen LogP contribution < -0.4 is 19.9 Å². The summed E-state index contributed by atoms with van der Waals surface area (Å²) in [6.07, 6.45) is -4.06. The van der Waals surface area contributed by atoms with Crippen LogP contribution in [0.25, 0.3) is 0 Å². The summed E-state index contributed by atoms with van der Waals surface area (Å²) in [5, 5.41) is 12.3. The highest BCUT2D eigenvalue weighted by Crippen LogP contribution is 2.40. The van der Waals surface area contributed by atoms with Crippen molar-refractivity contribution in [1.29, 1.82) is 5.26 Å². The molecule has 0 saturated carbocycles. The maximum Gasteiger partial charge on any atom is 0.421 e. The monoisotopic (exact) mass is 450 g/mol. The smallest absolute Gasteiger partial charge is 0.421 e.